The lowest BCUT2D eigenvalue weighted by molar-refractivity contribution is 0.0448. The SMILES string of the molecule is CC(C)(C)CC(OC=N)C(C)(C)C. The molecule has 0 radical (unpaired) electrons. The van der Waals surface area contributed by atoms with Crippen LogP contribution in [0.1, 0.15) is 48.0 Å². The predicted octanol–water partition coefficient (Wildman–Crippen LogP) is 3.46. The molecule has 0 bridgehead atoms. The van der Waals surface area contributed by atoms with Gasteiger partial charge in [0, 0.05) is 0 Å². The molecule has 13 heavy (non-hydrogen) atoms. The van der Waals surface area contributed by atoms with Crippen LogP contribution in [0.5, 0.6) is 0 Å². The zero-order valence-corrected chi connectivity index (χ0v) is 9.77. The fraction of sp³-hybridized carbons (Fsp3) is 0.909. The van der Waals surface area contributed by atoms with Crippen molar-refractivity contribution >= 4 is 6.40 Å². The van der Waals surface area contributed by atoms with Gasteiger partial charge in [-0.3, -0.25) is 5.41 Å². The minimum absolute atomic E-state index is 0.102. The Kier molecular flexibility index (Phi) is 3.95. The Hall–Kier alpha value is -0.530. The average molecular weight is 185 g/mol. The van der Waals surface area contributed by atoms with Gasteiger partial charge in [-0.1, -0.05) is 41.5 Å². The van der Waals surface area contributed by atoms with E-state index < -0.39 is 0 Å². The molecule has 1 unspecified atom stereocenters. The van der Waals surface area contributed by atoms with Crippen LogP contribution in [0.25, 0.3) is 0 Å². The summed E-state index contributed by atoms with van der Waals surface area (Å²) in [5, 5.41) is 6.97. The normalized spacial score (nSPS) is 15.2. The Labute approximate surface area is 82.2 Å². The lowest BCUT2D eigenvalue weighted by Crippen LogP contribution is -2.32. The highest BCUT2D eigenvalue weighted by atomic mass is 16.5. The van der Waals surface area contributed by atoms with Crippen LogP contribution in [0.4, 0.5) is 0 Å². The number of ether oxygens (including phenoxy) is 1. The standard InChI is InChI=1S/C11H23NO/c1-10(2,3)7-9(13-8-12)11(4,5)6/h8-9,12H,7H2,1-6H3. The lowest BCUT2D eigenvalue weighted by Gasteiger charge is -2.34. The molecule has 0 spiro atoms. The van der Waals surface area contributed by atoms with Crippen LogP contribution in [0.3, 0.4) is 0 Å². The smallest absolute Gasteiger partial charge is 0.167 e. The first kappa shape index (κ1) is 12.5. The van der Waals surface area contributed by atoms with Crippen molar-refractivity contribution in [3.05, 3.63) is 0 Å². The molecule has 0 aliphatic heterocycles. The van der Waals surface area contributed by atoms with E-state index in [1.807, 2.05) is 0 Å². The van der Waals surface area contributed by atoms with E-state index in [2.05, 4.69) is 41.5 Å². The molecule has 0 aromatic rings. The first-order valence-electron chi connectivity index (χ1n) is 4.81. The van der Waals surface area contributed by atoms with E-state index in [-0.39, 0.29) is 16.9 Å². The molecule has 2 nitrogen and oxygen atoms in total. The van der Waals surface area contributed by atoms with Crippen LogP contribution in [0.15, 0.2) is 0 Å². The van der Waals surface area contributed by atoms with Gasteiger partial charge < -0.3 is 4.74 Å². The summed E-state index contributed by atoms with van der Waals surface area (Å²) in [4.78, 5) is 0. The molecule has 2 heteroatoms. The van der Waals surface area contributed by atoms with Crippen molar-refractivity contribution in [3.8, 4) is 0 Å². The van der Waals surface area contributed by atoms with Crippen molar-refractivity contribution in [1.82, 2.24) is 0 Å². The molecule has 0 aliphatic carbocycles. The molecule has 78 valence electrons. The molecule has 0 aliphatic rings. The monoisotopic (exact) mass is 185 g/mol. The van der Waals surface area contributed by atoms with Gasteiger partial charge in [-0.15, -0.1) is 0 Å². The van der Waals surface area contributed by atoms with E-state index in [1.54, 1.807) is 0 Å². The second-order valence-corrected chi connectivity index (χ2v) is 5.87. The Morgan fingerprint density at radius 3 is 1.85 bits per heavy atom. The second kappa shape index (κ2) is 4.12. The van der Waals surface area contributed by atoms with Crippen LogP contribution < -0.4 is 0 Å². The molecule has 0 saturated carbocycles. The highest BCUT2D eigenvalue weighted by molar-refractivity contribution is 5.41. The third-order valence-corrected chi connectivity index (χ3v) is 2.00. The van der Waals surface area contributed by atoms with Gasteiger partial charge >= 0.3 is 0 Å². The highest BCUT2D eigenvalue weighted by Gasteiger charge is 2.29. The van der Waals surface area contributed by atoms with Crippen molar-refractivity contribution in [2.45, 2.75) is 54.1 Å². The number of nitrogens with one attached hydrogen (secondary N) is 1. The summed E-state index contributed by atoms with van der Waals surface area (Å²) in [5.74, 6) is 0. The van der Waals surface area contributed by atoms with Crippen molar-refractivity contribution in [3.63, 3.8) is 0 Å². The molecular weight excluding hydrogens is 162 g/mol. The predicted molar refractivity (Wildman–Crippen MR) is 57.2 cm³/mol. The van der Waals surface area contributed by atoms with Crippen molar-refractivity contribution in [2.24, 2.45) is 10.8 Å². The summed E-state index contributed by atoms with van der Waals surface area (Å²) in [6.07, 6.45) is 2.16. The van der Waals surface area contributed by atoms with Gasteiger partial charge in [-0.25, -0.2) is 0 Å². The topological polar surface area (TPSA) is 33.1 Å². The van der Waals surface area contributed by atoms with Gasteiger partial charge in [0.1, 0.15) is 6.10 Å². The zero-order valence-electron chi connectivity index (χ0n) is 9.77. The number of rotatable bonds is 3. The maximum absolute atomic E-state index is 6.97. The van der Waals surface area contributed by atoms with E-state index in [9.17, 15) is 0 Å². The van der Waals surface area contributed by atoms with E-state index in [0.717, 1.165) is 12.8 Å². The quantitative estimate of drug-likeness (QED) is 0.530. The summed E-state index contributed by atoms with van der Waals surface area (Å²) < 4.78 is 5.32. The van der Waals surface area contributed by atoms with Crippen molar-refractivity contribution < 1.29 is 4.74 Å². The maximum Gasteiger partial charge on any atom is 0.167 e. The number of hydrogen-bond acceptors (Lipinski definition) is 2. The second-order valence-electron chi connectivity index (χ2n) is 5.87. The zero-order chi connectivity index (χ0) is 10.7. The first-order chi connectivity index (χ1) is 5.67. The summed E-state index contributed by atoms with van der Waals surface area (Å²) >= 11 is 0. The summed E-state index contributed by atoms with van der Waals surface area (Å²) in [6, 6.07) is 0. The van der Waals surface area contributed by atoms with Crippen molar-refractivity contribution in [1.29, 1.82) is 5.41 Å². The summed E-state index contributed by atoms with van der Waals surface area (Å²) in [5.41, 5.74) is 0.353. The van der Waals surface area contributed by atoms with Crippen LogP contribution in [0, 0.1) is 16.2 Å². The van der Waals surface area contributed by atoms with Crippen LogP contribution >= 0.6 is 0 Å². The van der Waals surface area contributed by atoms with Gasteiger partial charge in [0.05, 0.1) is 0 Å². The Balaban J connectivity index is 4.35. The van der Waals surface area contributed by atoms with Gasteiger partial charge in [-0.2, -0.15) is 0 Å². The van der Waals surface area contributed by atoms with Crippen LogP contribution in [-0.4, -0.2) is 12.5 Å². The molecule has 0 aromatic heterocycles. The van der Waals surface area contributed by atoms with Crippen molar-refractivity contribution in [2.75, 3.05) is 0 Å². The molecule has 0 aromatic carbocycles. The molecule has 0 saturated heterocycles. The van der Waals surface area contributed by atoms with E-state index >= 15 is 0 Å². The highest BCUT2D eigenvalue weighted by Crippen LogP contribution is 2.32. The van der Waals surface area contributed by atoms with Gasteiger partial charge in [0.15, 0.2) is 6.40 Å². The fourth-order valence-corrected chi connectivity index (χ4v) is 1.20. The minimum Gasteiger partial charge on any atom is -0.480 e. The third-order valence-electron chi connectivity index (χ3n) is 2.00. The molecular formula is C11H23NO. The van der Waals surface area contributed by atoms with Gasteiger partial charge in [0.2, 0.25) is 0 Å². The molecule has 0 heterocycles. The fourth-order valence-electron chi connectivity index (χ4n) is 1.20. The van der Waals surface area contributed by atoms with Gasteiger partial charge in [-0.05, 0) is 17.3 Å². The lowest BCUT2D eigenvalue weighted by atomic mass is 9.79. The van der Waals surface area contributed by atoms with Gasteiger partial charge in [0.25, 0.3) is 0 Å². The Morgan fingerprint density at radius 1 is 1.15 bits per heavy atom. The van der Waals surface area contributed by atoms with Crippen LogP contribution in [0.2, 0.25) is 0 Å². The molecule has 0 fully saturated rings. The molecule has 1 atom stereocenters. The Bertz CT molecular complexity index is 162. The van der Waals surface area contributed by atoms with E-state index in [1.165, 1.54) is 0 Å². The third kappa shape index (κ3) is 5.67. The van der Waals surface area contributed by atoms with E-state index in [4.69, 9.17) is 10.1 Å². The summed E-state index contributed by atoms with van der Waals surface area (Å²) in [7, 11) is 0. The molecule has 0 rings (SSSR count). The van der Waals surface area contributed by atoms with Crippen LogP contribution in [-0.2, 0) is 4.74 Å². The average Bonchev–Trinajstić information content (AvgIpc) is 1.81. The minimum atomic E-state index is 0.102. The first-order valence-corrected chi connectivity index (χ1v) is 4.81. The molecule has 1 N–H and O–H groups in total. The van der Waals surface area contributed by atoms with E-state index in [0.29, 0.717) is 0 Å². The Morgan fingerprint density at radius 2 is 1.62 bits per heavy atom. The maximum atomic E-state index is 6.97. The number of hydrogen-bond donors (Lipinski definition) is 1. The largest absolute Gasteiger partial charge is 0.480 e. The summed E-state index contributed by atoms with van der Waals surface area (Å²) in [6.45, 7) is 13.0. The molecule has 0 amide bonds.